The van der Waals surface area contributed by atoms with Crippen LogP contribution in [0, 0.1) is 0 Å². The summed E-state index contributed by atoms with van der Waals surface area (Å²) in [5.74, 6) is 0.625. The predicted octanol–water partition coefficient (Wildman–Crippen LogP) is 7.46. The van der Waals surface area contributed by atoms with E-state index >= 15 is 0 Å². The first-order chi connectivity index (χ1) is 22.0. The number of amides is 2. The Kier molecular flexibility index (Phi) is 8.37. The van der Waals surface area contributed by atoms with E-state index in [1.165, 1.54) is 27.6 Å². The van der Waals surface area contributed by atoms with Gasteiger partial charge in [0.2, 0.25) is 0 Å². The largest absolute Gasteiger partial charge is 0.444 e. The lowest BCUT2D eigenvalue weighted by molar-refractivity contribution is -0.138. The van der Waals surface area contributed by atoms with Gasteiger partial charge in [0.15, 0.2) is 0 Å². The number of aryl methyl sites for hydroxylation is 1. The maximum absolute atomic E-state index is 14.6. The molecule has 3 aliphatic rings. The molecule has 1 aliphatic heterocycles. The molecule has 0 unspecified atom stereocenters. The number of alkyl halides is 3. The zero-order valence-electron chi connectivity index (χ0n) is 27.7. The highest BCUT2D eigenvalue weighted by atomic mass is 32.2. The van der Waals surface area contributed by atoms with Crippen molar-refractivity contribution in [2.24, 2.45) is 7.05 Å². The number of rotatable bonds is 8. The molecular weight excluding hydrogens is 629 g/mol. The van der Waals surface area contributed by atoms with Gasteiger partial charge in [-0.3, -0.25) is 14.6 Å². The molecule has 0 bridgehead atoms. The van der Waals surface area contributed by atoms with Crippen molar-refractivity contribution in [3.05, 3.63) is 64.2 Å². The van der Waals surface area contributed by atoms with Crippen molar-refractivity contribution < 1.29 is 27.5 Å². The van der Waals surface area contributed by atoms with Gasteiger partial charge in [0, 0.05) is 36.5 Å². The summed E-state index contributed by atoms with van der Waals surface area (Å²) in [6.07, 6.45) is 4.13. The number of fused-ring (bicyclic) bond motifs is 1. The fourth-order valence-electron chi connectivity index (χ4n) is 6.91. The highest BCUT2D eigenvalue weighted by Gasteiger charge is 2.45. The highest BCUT2D eigenvalue weighted by Crippen LogP contribution is 2.48. The number of pyridine rings is 1. The van der Waals surface area contributed by atoms with Gasteiger partial charge < -0.3 is 9.30 Å². The third kappa shape index (κ3) is 6.35. The van der Waals surface area contributed by atoms with Crippen molar-refractivity contribution in [3.8, 4) is 0 Å². The Balaban J connectivity index is 1.36. The van der Waals surface area contributed by atoms with Crippen LogP contribution in [0.3, 0.4) is 0 Å². The fraction of sp³-hybridized carbons (Fsp3) is 0.559. The van der Waals surface area contributed by atoms with Crippen LogP contribution in [-0.2, 0) is 42.9 Å². The van der Waals surface area contributed by atoms with Crippen LogP contribution in [0.5, 0.6) is 0 Å². The fourth-order valence-corrected chi connectivity index (χ4v) is 7.34. The number of halogens is 3. The summed E-state index contributed by atoms with van der Waals surface area (Å²) < 4.78 is 51.5. The van der Waals surface area contributed by atoms with E-state index in [0.717, 1.165) is 43.1 Å². The average Bonchev–Trinajstić information content (AvgIpc) is 3.51. The van der Waals surface area contributed by atoms with Crippen molar-refractivity contribution in [1.29, 1.82) is 0 Å². The molecule has 1 aromatic carbocycles. The molecule has 0 saturated heterocycles. The Morgan fingerprint density at radius 1 is 1.09 bits per heavy atom. The Morgan fingerprint density at radius 3 is 2.32 bits per heavy atom. The number of hydrogen-bond acceptors (Lipinski definition) is 7. The molecular formula is C34H41F3N6O3S. The number of aromatic nitrogens is 4. The van der Waals surface area contributed by atoms with Crippen LogP contribution in [0.1, 0.15) is 105 Å². The van der Waals surface area contributed by atoms with Crippen molar-refractivity contribution >= 4 is 29.6 Å². The van der Waals surface area contributed by atoms with Crippen LogP contribution in [0.4, 0.5) is 23.8 Å². The molecule has 0 atom stereocenters. The van der Waals surface area contributed by atoms with Gasteiger partial charge in [-0.2, -0.15) is 13.2 Å². The van der Waals surface area contributed by atoms with E-state index in [2.05, 4.69) is 10.2 Å². The lowest BCUT2D eigenvalue weighted by Crippen LogP contribution is -2.54. The summed E-state index contributed by atoms with van der Waals surface area (Å²) in [5.41, 5.74) is -1.30. The second-order valence-corrected chi connectivity index (χ2v) is 15.2. The molecule has 2 amide bonds. The predicted molar refractivity (Wildman–Crippen MR) is 172 cm³/mol. The van der Waals surface area contributed by atoms with Gasteiger partial charge in [-0.1, -0.05) is 6.42 Å². The molecule has 13 heteroatoms. The van der Waals surface area contributed by atoms with Gasteiger partial charge in [-0.25, -0.2) is 9.78 Å². The molecule has 47 heavy (non-hydrogen) atoms. The lowest BCUT2D eigenvalue weighted by Gasteiger charge is -2.47. The van der Waals surface area contributed by atoms with E-state index in [9.17, 15) is 22.8 Å². The van der Waals surface area contributed by atoms with Gasteiger partial charge in [-0.05, 0) is 107 Å². The molecule has 2 saturated carbocycles. The third-order valence-corrected chi connectivity index (χ3v) is 10.6. The standard InChI is InChI=1S/C34H41F3N6O3S/c1-31(2,3)46-30(45)43(32(4)9-7-10-32)18-21-13-23-24(25(14-21)34(35,36)37)19-42(29(23)44)26-15-22(16-28(39-26)47-6)33(11-8-12-33)17-27-40-38-20-41(27)5/h13-16,20H,7-12,17-19H2,1-6H3. The van der Waals surface area contributed by atoms with Gasteiger partial charge in [0.05, 0.1) is 17.1 Å². The zero-order valence-corrected chi connectivity index (χ0v) is 28.5. The van der Waals surface area contributed by atoms with Gasteiger partial charge >= 0.3 is 12.3 Å². The summed E-state index contributed by atoms with van der Waals surface area (Å²) in [7, 11) is 1.90. The Bertz CT molecular complexity index is 1710. The van der Waals surface area contributed by atoms with E-state index < -0.39 is 34.9 Å². The second-order valence-electron chi connectivity index (χ2n) is 14.4. The third-order valence-electron chi connectivity index (χ3n) is 9.94. The number of hydrogen-bond donors (Lipinski definition) is 0. The van der Waals surface area contributed by atoms with Crippen molar-refractivity contribution in [1.82, 2.24) is 24.6 Å². The van der Waals surface area contributed by atoms with Gasteiger partial charge in [0.1, 0.15) is 23.6 Å². The molecule has 9 nitrogen and oxygen atoms in total. The number of nitrogens with zero attached hydrogens (tertiary/aromatic N) is 6. The van der Waals surface area contributed by atoms with Crippen molar-refractivity contribution in [2.75, 3.05) is 11.2 Å². The van der Waals surface area contributed by atoms with E-state index in [1.54, 1.807) is 27.1 Å². The minimum Gasteiger partial charge on any atom is -0.444 e. The zero-order chi connectivity index (χ0) is 33.9. The molecule has 0 radical (unpaired) electrons. The van der Waals surface area contributed by atoms with E-state index in [0.29, 0.717) is 30.1 Å². The topological polar surface area (TPSA) is 93.5 Å². The molecule has 0 N–H and O–H groups in total. The average molecular weight is 671 g/mol. The monoisotopic (exact) mass is 670 g/mol. The Labute approximate surface area is 277 Å². The summed E-state index contributed by atoms with van der Waals surface area (Å²) in [5, 5.41) is 9.00. The summed E-state index contributed by atoms with van der Waals surface area (Å²) in [6, 6.07) is 6.46. The first-order valence-corrected chi connectivity index (χ1v) is 17.2. The van der Waals surface area contributed by atoms with E-state index in [4.69, 9.17) is 9.72 Å². The molecule has 6 rings (SSSR count). The summed E-state index contributed by atoms with van der Waals surface area (Å²) in [6.45, 7) is 6.83. The van der Waals surface area contributed by atoms with Crippen LogP contribution in [0.25, 0.3) is 0 Å². The maximum Gasteiger partial charge on any atom is 0.416 e. The Hall–Kier alpha value is -3.61. The van der Waals surface area contributed by atoms with Crippen LogP contribution in [0.15, 0.2) is 35.6 Å². The molecule has 3 aromatic rings. The second kappa shape index (κ2) is 11.8. The quantitative estimate of drug-likeness (QED) is 0.230. The van der Waals surface area contributed by atoms with E-state index in [-0.39, 0.29) is 35.2 Å². The molecule has 2 fully saturated rings. The summed E-state index contributed by atoms with van der Waals surface area (Å²) >= 11 is 1.42. The molecule has 3 heterocycles. The number of thioether (sulfide) groups is 1. The number of carbonyl (C=O) groups is 2. The molecule has 0 spiro atoms. The van der Waals surface area contributed by atoms with Crippen LogP contribution in [0.2, 0.25) is 0 Å². The smallest absolute Gasteiger partial charge is 0.416 e. The van der Waals surface area contributed by atoms with Crippen molar-refractivity contribution in [3.63, 3.8) is 0 Å². The van der Waals surface area contributed by atoms with Crippen LogP contribution >= 0.6 is 11.8 Å². The SMILES string of the molecule is CSc1cc(C2(Cc3nncn3C)CCC2)cc(N2Cc3c(cc(CN(C(=O)OC(C)(C)C)C4(C)CCC4)cc3C(F)(F)F)C2=O)n1. The first-order valence-electron chi connectivity index (χ1n) is 16.0. The number of anilines is 1. The molecule has 252 valence electrons. The number of ether oxygens (including phenoxy) is 1. The minimum absolute atomic E-state index is 0.0203. The normalized spacial score (nSPS) is 18.4. The number of benzene rings is 1. The maximum atomic E-state index is 14.6. The van der Waals surface area contributed by atoms with Crippen LogP contribution < -0.4 is 4.90 Å². The van der Waals surface area contributed by atoms with Gasteiger partial charge in [-0.15, -0.1) is 22.0 Å². The first kappa shape index (κ1) is 33.3. The minimum atomic E-state index is -4.71. The number of carbonyl (C=O) groups excluding carboxylic acids is 2. The summed E-state index contributed by atoms with van der Waals surface area (Å²) in [4.78, 5) is 34.9. The molecule has 2 aromatic heterocycles. The van der Waals surface area contributed by atoms with Crippen molar-refractivity contribution in [2.45, 2.75) is 113 Å². The highest BCUT2D eigenvalue weighted by molar-refractivity contribution is 7.98. The lowest BCUT2D eigenvalue weighted by atomic mass is 9.62. The van der Waals surface area contributed by atoms with Gasteiger partial charge in [0.25, 0.3) is 5.91 Å². The Morgan fingerprint density at radius 2 is 1.79 bits per heavy atom. The van der Waals surface area contributed by atoms with E-state index in [1.807, 2.05) is 36.9 Å². The van der Waals surface area contributed by atoms with Crippen LogP contribution in [-0.4, -0.2) is 54.0 Å². The molecule has 2 aliphatic carbocycles.